The van der Waals surface area contributed by atoms with Crippen LogP contribution in [0.1, 0.15) is 53.5 Å². The normalized spacial score (nSPS) is 25.2. The molecule has 0 unspecified atom stereocenters. The van der Waals surface area contributed by atoms with Gasteiger partial charge in [-0.1, -0.05) is 6.92 Å². The van der Waals surface area contributed by atoms with Gasteiger partial charge in [0.05, 0.1) is 42.1 Å². The molecule has 10 heterocycles. The first kappa shape index (κ1) is 45.8. The number of ether oxygens (including phenoxy) is 9. The highest BCUT2D eigenvalue weighted by Gasteiger charge is 2.57. The van der Waals surface area contributed by atoms with E-state index in [0.29, 0.717) is 34.8 Å². The van der Waals surface area contributed by atoms with Crippen LogP contribution in [-0.2, 0) is 28.4 Å². The van der Waals surface area contributed by atoms with Gasteiger partial charge in [0.15, 0.2) is 24.0 Å². The van der Waals surface area contributed by atoms with Crippen LogP contribution >= 0.6 is 0 Å². The summed E-state index contributed by atoms with van der Waals surface area (Å²) in [5.74, 6) is 1.54. The zero-order chi connectivity index (χ0) is 48.2. The minimum atomic E-state index is -0.740. The first-order chi connectivity index (χ1) is 33.2. The van der Waals surface area contributed by atoms with E-state index in [-0.39, 0.29) is 55.2 Å². The SMILES string of the molecule is CC[C@H]1O[C@@H](n2ccc3c(OC)ncnc32)[C@@H]2OC(C)(C)O[C@@H]21.COc1ncnc2c1ccn2[C@@H]1O[C@H](COc2ccc3ccc(N)nc3c2)[C@H]2OC(C)(C)O[C@H]21.Nc1ccc2ccc(O)cc2n1. The third-order valence-corrected chi connectivity index (χ3v) is 12.3. The van der Waals surface area contributed by atoms with E-state index >= 15 is 0 Å². The van der Waals surface area contributed by atoms with Gasteiger partial charge in [0, 0.05) is 35.3 Å². The van der Waals surface area contributed by atoms with Crippen LogP contribution in [0.5, 0.6) is 23.3 Å². The second-order valence-electron chi connectivity index (χ2n) is 17.9. The molecule has 4 aliphatic rings. The van der Waals surface area contributed by atoms with Gasteiger partial charge in [-0.25, -0.2) is 29.9 Å². The smallest absolute Gasteiger partial charge is 0.225 e. The van der Waals surface area contributed by atoms with E-state index < -0.39 is 17.8 Å². The van der Waals surface area contributed by atoms with Crippen molar-refractivity contribution in [3.05, 3.63) is 97.8 Å². The summed E-state index contributed by atoms with van der Waals surface area (Å²) in [5, 5.41) is 12.8. The highest BCUT2D eigenvalue weighted by atomic mass is 16.8. The molecule has 2 aromatic carbocycles. The fourth-order valence-corrected chi connectivity index (χ4v) is 9.36. The fraction of sp³-hybridized carbons (Fsp3) is 0.388. The number of anilines is 2. The highest BCUT2D eigenvalue weighted by molar-refractivity contribution is 5.83. The van der Waals surface area contributed by atoms with Crippen LogP contribution in [0, 0.1) is 0 Å². The standard InChI is InChI=1S/C24H25N5O5.C16H21N3O4.C9H8N2O/c1-24(2)33-19-17(11-31-14-6-4-13-5-7-18(25)28-16(13)10-14)32-23(20(19)34-24)29-9-8-15-21(29)26-12-27-22(15)30-3;1-5-10-11-12(23-16(2,3)22-11)15(21-10)19-7-6-9-13(19)17-8-18-14(9)20-4;10-9-4-2-6-1-3-7(12)5-8(6)11-9/h4-10,12,17,19-20,23H,11H2,1-3H3,(H2,25,28);6-8,10-12,15H,5H2,1-4H3;1-5,12H,(H2,10,11)/t17-,19-,20-,23-;10-,11-,12-,15-;/m11./s1. The molecule has 4 aliphatic heterocycles. The van der Waals surface area contributed by atoms with Crippen molar-refractivity contribution < 1.29 is 47.7 Å². The van der Waals surface area contributed by atoms with Gasteiger partial charge in [0.25, 0.3) is 0 Å². The topological polar surface area (TPSA) is 243 Å². The highest BCUT2D eigenvalue weighted by Crippen LogP contribution is 2.46. The molecule has 4 saturated heterocycles. The van der Waals surface area contributed by atoms with Crippen molar-refractivity contribution in [2.45, 2.75) is 102 Å². The molecule has 360 valence electrons. The third kappa shape index (κ3) is 8.97. The maximum absolute atomic E-state index is 9.14. The number of aromatic nitrogens is 8. The van der Waals surface area contributed by atoms with E-state index in [2.05, 4.69) is 36.8 Å². The zero-order valence-electron chi connectivity index (χ0n) is 39.1. The lowest BCUT2D eigenvalue weighted by molar-refractivity contribution is -0.198. The average Bonchev–Trinajstić information content (AvgIpc) is 4.19. The van der Waals surface area contributed by atoms with Crippen molar-refractivity contribution in [3.8, 4) is 23.3 Å². The Bertz CT molecular complexity index is 3110. The Kier molecular flexibility index (Phi) is 12.1. The van der Waals surface area contributed by atoms with E-state index in [1.807, 2.05) is 91.7 Å². The average molecular weight is 943 g/mol. The van der Waals surface area contributed by atoms with Crippen molar-refractivity contribution in [2.24, 2.45) is 0 Å². The van der Waals surface area contributed by atoms with Crippen LogP contribution < -0.4 is 25.7 Å². The van der Waals surface area contributed by atoms with Crippen LogP contribution in [0.3, 0.4) is 0 Å². The number of benzene rings is 2. The summed E-state index contributed by atoms with van der Waals surface area (Å²) in [4.78, 5) is 25.6. The Morgan fingerprint density at radius 3 is 1.62 bits per heavy atom. The van der Waals surface area contributed by atoms with E-state index in [9.17, 15) is 0 Å². The number of phenolic OH excluding ortho intramolecular Hbond substituents is 1. The second kappa shape index (κ2) is 18.2. The summed E-state index contributed by atoms with van der Waals surface area (Å²) in [6.07, 6.45) is 5.74. The number of pyridine rings is 2. The van der Waals surface area contributed by atoms with E-state index in [1.54, 1.807) is 44.6 Å². The Balaban J connectivity index is 0.000000135. The van der Waals surface area contributed by atoms with Gasteiger partial charge in [-0.05, 0) is 94.8 Å². The lowest BCUT2D eigenvalue weighted by atomic mass is 10.1. The van der Waals surface area contributed by atoms with Crippen molar-refractivity contribution in [1.29, 1.82) is 0 Å². The number of hydrogen-bond acceptors (Lipinski definition) is 18. The minimum absolute atomic E-state index is 0.00737. The molecule has 0 amide bonds. The molecule has 8 atom stereocenters. The lowest BCUT2D eigenvalue weighted by Gasteiger charge is -2.25. The number of aromatic hydroxyl groups is 1. The number of nitrogens with two attached hydrogens (primary N) is 2. The number of rotatable bonds is 8. The van der Waals surface area contributed by atoms with Gasteiger partial charge >= 0.3 is 0 Å². The molecule has 0 saturated carbocycles. The summed E-state index contributed by atoms with van der Waals surface area (Å²) in [6, 6.07) is 21.9. The molecule has 0 radical (unpaired) electrons. The van der Waals surface area contributed by atoms with Crippen LogP contribution in [-0.4, -0.2) is 113 Å². The molecule has 0 bridgehead atoms. The second-order valence-corrected chi connectivity index (χ2v) is 17.9. The number of methoxy groups -OCH3 is 2. The van der Waals surface area contributed by atoms with E-state index in [1.165, 1.54) is 12.7 Å². The van der Waals surface area contributed by atoms with Gasteiger partial charge < -0.3 is 68.3 Å². The summed E-state index contributed by atoms with van der Waals surface area (Å²) < 4.78 is 58.0. The molecule has 0 spiro atoms. The molecule has 69 heavy (non-hydrogen) atoms. The molecule has 20 heteroatoms. The van der Waals surface area contributed by atoms with Gasteiger partial charge in [0.1, 0.15) is 84.2 Å². The number of nitrogen functional groups attached to an aromatic ring is 2. The molecular weight excluding hydrogens is 889 g/mol. The number of fused-ring (bicyclic) bond motifs is 6. The van der Waals surface area contributed by atoms with Gasteiger partial charge in [0.2, 0.25) is 11.8 Å². The molecule has 5 N–H and O–H groups in total. The van der Waals surface area contributed by atoms with Gasteiger partial charge in [-0.2, -0.15) is 0 Å². The maximum Gasteiger partial charge on any atom is 0.225 e. The Hall–Kier alpha value is -6.94. The summed E-state index contributed by atoms with van der Waals surface area (Å²) >= 11 is 0. The molecule has 4 fully saturated rings. The van der Waals surface area contributed by atoms with Gasteiger partial charge in [-0.15, -0.1) is 0 Å². The summed E-state index contributed by atoms with van der Waals surface area (Å²) in [7, 11) is 3.19. The van der Waals surface area contributed by atoms with Gasteiger partial charge in [-0.3, -0.25) is 0 Å². The number of nitrogens with zero attached hydrogens (tertiary/aromatic N) is 8. The predicted molar refractivity (Wildman–Crippen MR) is 253 cm³/mol. The van der Waals surface area contributed by atoms with Crippen molar-refractivity contribution >= 4 is 55.5 Å². The molecule has 0 aliphatic carbocycles. The van der Waals surface area contributed by atoms with Crippen LogP contribution in [0.25, 0.3) is 43.9 Å². The summed E-state index contributed by atoms with van der Waals surface area (Å²) in [5.41, 5.74) is 14.3. The first-order valence-electron chi connectivity index (χ1n) is 22.6. The predicted octanol–water partition coefficient (Wildman–Crippen LogP) is 6.86. The third-order valence-electron chi connectivity index (χ3n) is 12.3. The largest absolute Gasteiger partial charge is 0.508 e. The number of phenols is 1. The zero-order valence-corrected chi connectivity index (χ0v) is 39.1. The lowest BCUT2D eigenvalue weighted by Crippen LogP contribution is -2.33. The van der Waals surface area contributed by atoms with Crippen LogP contribution in [0.15, 0.2) is 97.8 Å². The Labute approximate surface area is 396 Å². The molecule has 8 aromatic rings. The molecule has 20 nitrogen and oxygen atoms in total. The van der Waals surface area contributed by atoms with E-state index in [4.69, 9.17) is 59.2 Å². The first-order valence-corrected chi connectivity index (χ1v) is 22.6. The van der Waals surface area contributed by atoms with Crippen molar-refractivity contribution in [1.82, 2.24) is 39.0 Å². The fourth-order valence-electron chi connectivity index (χ4n) is 9.36. The van der Waals surface area contributed by atoms with Crippen molar-refractivity contribution in [2.75, 3.05) is 32.3 Å². The monoisotopic (exact) mass is 942 g/mol. The van der Waals surface area contributed by atoms with Crippen molar-refractivity contribution in [3.63, 3.8) is 0 Å². The minimum Gasteiger partial charge on any atom is -0.508 e. The van der Waals surface area contributed by atoms with E-state index in [0.717, 1.165) is 44.6 Å². The Morgan fingerprint density at radius 2 is 1.09 bits per heavy atom. The number of hydrogen-bond donors (Lipinski definition) is 3. The molecular formula is C49H54N10O10. The van der Waals surface area contributed by atoms with Crippen LogP contribution in [0.2, 0.25) is 0 Å². The molecule has 12 rings (SSSR count). The Morgan fingerprint density at radius 1 is 0.609 bits per heavy atom. The van der Waals surface area contributed by atoms with Crippen LogP contribution in [0.4, 0.5) is 11.6 Å². The summed E-state index contributed by atoms with van der Waals surface area (Å²) in [6.45, 7) is 10.1. The molecule has 6 aromatic heterocycles. The maximum atomic E-state index is 9.14. The quantitative estimate of drug-likeness (QED) is 0.141.